The topological polar surface area (TPSA) is 60.7 Å². The molecule has 0 aromatic carbocycles. The standard InChI is InChI=1S/C4H11Si.3C3H8O.Ti/c1-5(2,3)4;3*1-2-3-4;/h1H2,2-4H3;3*4H,2-3H2,1H3;/q-1;;;;. The second-order valence-electron chi connectivity index (χ2n) is 4.73. The van der Waals surface area contributed by atoms with Crippen molar-refractivity contribution in [3.63, 3.8) is 0 Å². The Labute approximate surface area is 131 Å². The third kappa shape index (κ3) is 289. The van der Waals surface area contributed by atoms with Gasteiger partial charge in [-0.2, -0.15) is 0 Å². The second kappa shape index (κ2) is 30.7. The third-order valence-electron chi connectivity index (χ3n) is 0.671. The van der Waals surface area contributed by atoms with Crippen molar-refractivity contribution in [1.82, 2.24) is 0 Å². The van der Waals surface area contributed by atoms with Crippen LogP contribution in [0, 0.1) is 6.55 Å². The van der Waals surface area contributed by atoms with E-state index in [1.807, 2.05) is 20.8 Å². The first-order valence-corrected chi connectivity index (χ1v) is 10.1. The summed E-state index contributed by atoms with van der Waals surface area (Å²) in [4.78, 5) is 0. The van der Waals surface area contributed by atoms with Gasteiger partial charge in [0.1, 0.15) is 0 Å². The van der Waals surface area contributed by atoms with Crippen molar-refractivity contribution in [3.8, 4) is 0 Å². The first-order chi connectivity index (χ1) is 7.74. The van der Waals surface area contributed by atoms with E-state index in [0.29, 0.717) is 19.8 Å². The zero-order chi connectivity index (χ0) is 14.7. The first-order valence-electron chi connectivity index (χ1n) is 6.42. The van der Waals surface area contributed by atoms with Crippen LogP contribution in [0.3, 0.4) is 0 Å². The maximum absolute atomic E-state index is 7.88. The minimum absolute atomic E-state index is 0. The first kappa shape index (κ1) is 31.3. The molecule has 0 amide bonds. The molecule has 0 bridgehead atoms. The van der Waals surface area contributed by atoms with Gasteiger partial charge in [0.2, 0.25) is 0 Å². The van der Waals surface area contributed by atoms with E-state index in [2.05, 4.69) is 26.2 Å². The van der Waals surface area contributed by atoms with Crippen molar-refractivity contribution in [3.05, 3.63) is 6.55 Å². The Morgan fingerprint density at radius 3 is 0.778 bits per heavy atom. The molecule has 114 valence electrons. The minimum atomic E-state index is -0.861. The van der Waals surface area contributed by atoms with Crippen molar-refractivity contribution in [2.24, 2.45) is 0 Å². The van der Waals surface area contributed by atoms with E-state index in [-0.39, 0.29) is 21.7 Å². The molecule has 0 unspecified atom stereocenters. The molecule has 0 fully saturated rings. The van der Waals surface area contributed by atoms with E-state index in [9.17, 15) is 0 Å². The molecule has 0 heterocycles. The maximum Gasteiger partial charge on any atom is 0.0428 e. The monoisotopic (exact) mass is 315 g/mol. The Hall–Kier alpha value is 0.811. The predicted molar refractivity (Wildman–Crippen MR) is 80.8 cm³/mol. The molecule has 3 nitrogen and oxygen atoms in total. The minimum Gasteiger partial charge on any atom is -0.396 e. The fourth-order valence-corrected chi connectivity index (χ4v) is 0. The fraction of sp³-hybridized carbons (Fsp3) is 0.923. The van der Waals surface area contributed by atoms with Gasteiger partial charge in [-0.1, -0.05) is 40.4 Å². The number of aliphatic hydroxyl groups is 3. The Balaban J connectivity index is -0.0000000412. The Morgan fingerprint density at radius 1 is 0.722 bits per heavy atom. The molecular weight excluding hydrogens is 280 g/mol. The van der Waals surface area contributed by atoms with Gasteiger partial charge < -0.3 is 21.9 Å². The molecule has 0 aromatic rings. The van der Waals surface area contributed by atoms with Crippen LogP contribution in [-0.4, -0.2) is 43.2 Å². The van der Waals surface area contributed by atoms with Crippen molar-refractivity contribution in [2.75, 3.05) is 19.8 Å². The average Bonchev–Trinajstić information content (AvgIpc) is 2.27. The molecule has 0 radical (unpaired) electrons. The molecule has 0 saturated carbocycles. The summed E-state index contributed by atoms with van der Waals surface area (Å²) in [6, 6.07) is 0. The molecule has 5 heteroatoms. The van der Waals surface area contributed by atoms with Crippen LogP contribution >= 0.6 is 0 Å². The zero-order valence-corrected chi connectivity index (χ0v) is 15.9. The van der Waals surface area contributed by atoms with Crippen LogP contribution in [-0.2, 0) is 21.7 Å². The van der Waals surface area contributed by atoms with Crippen molar-refractivity contribution >= 4 is 8.07 Å². The average molecular weight is 315 g/mol. The number of hydrogen-bond acceptors (Lipinski definition) is 3. The van der Waals surface area contributed by atoms with Crippen LogP contribution in [0.25, 0.3) is 0 Å². The molecule has 0 aliphatic rings. The number of hydrogen-bond donors (Lipinski definition) is 3. The molecule has 0 aliphatic carbocycles. The molecule has 0 spiro atoms. The third-order valence-corrected chi connectivity index (χ3v) is 0.671. The second-order valence-corrected chi connectivity index (χ2v) is 9.85. The van der Waals surface area contributed by atoms with Gasteiger partial charge in [-0.25, -0.2) is 0 Å². The van der Waals surface area contributed by atoms with Gasteiger partial charge in [0, 0.05) is 41.5 Å². The molecule has 0 aliphatic heterocycles. The Kier molecular flexibility index (Phi) is 53.3. The van der Waals surface area contributed by atoms with Gasteiger partial charge in [0.15, 0.2) is 0 Å². The number of rotatable bonds is 3. The molecule has 0 saturated heterocycles. The van der Waals surface area contributed by atoms with Gasteiger partial charge >= 0.3 is 0 Å². The van der Waals surface area contributed by atoms with Gasteiger partial charge in [0.25, 0.3) is 0 Å². The summed E-state index contributed by atoms with van der Waals surface area (Å²) in [5, 5.41) is 23.6. The largest absolute Gasteiger partial charge is 0.396 e. The SMILES string of the molecule is CCCO.CCCO.CCCO.[CH2-][Si](C)(C)C.[Ti]. The van der Waals surface area contributed by atoms with E-state index in [1.165, 1.54) is 0 Å². The van der Waals surface area contributed by atoms with E-state index in [0.717, 1.165) is 19.3 Å². The summed E-state index contributed by atoms with van der Waals surface area (Å²) in [7, 11) is -0.861. The van der Waals surface area contributed by atoms with Crippen molar-refractivity contribution in [2.45, 2.75) is 59.7 Å². The summed E-state index contributed by atoms with van der Waals surface area (Å²) in [5.74, 6) is 0. The molecule has 0 rings (SSSR count). The van der Waals surface area contributed by atoms with Gasteiger partial charge in [-0.05, 0) is 19.3 Å². The number of aliphatic hydroxyl groups excluding tert-OH is 3. The summed E-state index contributed by atoms with van der Waals surface area (Å²) >= 11 is 0. The van der Waals surface area contributed by atoms with Crippen molar-refractivity contribution in [1.29, 1.82) is 0 Å². The van der Waals surface area contributed by atoms with Gasteiger partial charge in [-0.3, -0.25) is 0 Å². The van der Waals surface area contributed by atoms with Crippen LogP contribution in [0.5, 0.6) is 0 Å². The Bertz CT molecular complexity index is 77.2. The molecule has 18 heavy (non-hydrogen) atoms. The maximum atomic E-state index is 7.88. The summed E-state index contributed by atoms with van der Waals surface area (Å²) in [6.07, 6.45) is 2.62. The molecular formula is C13H35O3SiTi-. The normalized spacial score (nSPS) is 8.33. The van der Waals surface area contributed by atoms with Crippen molar-refractivity contribution < 1.29 is 37.0 Å². The van der Waals surface area contributed by atoms with Crippen LogP contribution < -0.4 is 0 Å². The van der Waals surface area contributed by atoms with Crippen LogP contribution in [0.4, 0.5) is 0 Å². The Morgan fingerprint density at radius 2 is 0.778 bits per heavy atom. The van der Waals surface area contributed by atoms with Crippen LogP contribution in [0.2, 0.25) is 19.6 Å². The zero-order valence-electron chi connectivity index (χ0n) is 13.3. The molecule has 0 atom stereocenters. The summed E-state index contributed by atoms with van der Waals surface area (Å²) < 4.78 is 0. The molecule has 3 N–H and O–H groups in total. The van der Waals surface area contributed by atoms with Crippen LogP contribution in [0.1, 0.15) is 40.0 Å². The summed E-state index contributed by atoms with van der Waals surface area (Å²) in [6.45, 7) is 17.3. The quantitative estimate of drug-likeness (QED) is 0.554. The predicted octanol–water partition coefficient (Wildman–Crippen LogP) is 2.86. The van der Waals surface area contributed by atoms with Gasteiger partial charge in [-0.15, -0.1) is 8.07 Å². The summed E-state index contributed by atoms with van der Waals surface area (Å²) in [5.41, 5.74) is 0. The van der Waals surface area contributed by atoms with Gasteiger partial charge in [0.05, 0.1) is 0 Å². The van der Waals surface area contributed by atoms with E-state index < -0.39 is 8.07 Å². The smallest absolute Gasteiger partial charge is 0.0428 e. The fourth-order valence-electron chi connectivity index (χ4n) is 0. The van der Waals surface area contributed by atoms with E-state index in [1.54, 1.807) is 0 Å². The molecule has 0 aromatic heterocycles. The van der Waals surface area contributed by atoms with E-state index in [4.69, 9.17) is 15.3 Å². The van der Waals surface area contributed by atoms with E-state index >= 15 is 0 Å². The van der Waals surface area contributed by atoms with Crippen LogP contribution in [0.15, 0.2) is 0 Å².